The van der Waals surface area contributed by atoms with Crippen LogP contribution in [0.15, 0.2) is 83.7 Å². The molecule has 5 aromatic rings. The maximum atomic E-state index is 11.8. The second kappa shape index (κ2) is 7.39. The third-order valence-corrected chi connectivity index (χ3v) is 5.61. The standard InChI is InChI=1S/C25H18N4O3/c30-22-13-12-18-4-3-5-19(23(18)26-22)17-10-8-16(9-11-17)14-15-29-25-24(27-28-29)31-20-6-1-2-7-21(20)32-25/h1-13H,14-15H2,(H,26,30)/p+1. The van der Waals surface area contributed by atoms with Crippen LogP contribution >= 0.6 is 0 Å². The monoisotopic (exact) mass is 423 g/mol. The maximum Gasteiger partial charge on any atom is 0.447 e. The SMILES string of the molecule is O=c1ccc2cccc(-c3ccc(CC[n+]4[nH]nc5c4Oc4ccccc4O5)cc3)c2[nH]1. The van der Waals surface area contributed by atoms with Crippen LogP contribution in [-0.4, -0.2) is 15.3 Å². The molecule has 2 N–H and O–H groups in total. The number of aromatic nitrogens is 4. The molecule has 3 aromatic carbocycles. The lowest BCUT2D eigenvalue weighted by molar-refractivity contribution is -0.756. The molecule has 3 heterocycles. The topological polar surface area (TPSA) is 83.9 Å². The van der Waals surface area contributed by atoms with Gasteiger partial charge in [-0.1, -0.05) is 59.8 Å². The van der Waals surface area contributed by atoms with E-state index in [4.69, 9.17) is 9.47 Å². The minimum absolute atomic E-state index is 0.102. The van der Waals surface area contributed by atoms with Gasteiger partial charge in [-0.2, -0.15) is 0 Å². The third kappa shape index (κ3) is 3.20. The summed E-state index contributed by atoms with van der Waals surface area (Å²) < 4.78 is 13.6. The molecule has 156 valence electrons. The van der Waals surface area contributed by atoms with Crippen molar-refractivity contribution in [3.8, 4) is 34.4 Å². The van der Waals surface area contributed by atoms with E-state index in [0.717, 1.165) is 28.5 Å². The van der Waals surface area contributed by atoms with Gasteiger partial charge >= 0.3 is 11.8 Å². The summed E-state index contributed by atoms with van der Waals surface area (Å²) >= 11 is 0. The van der Waals surface area contributed by atoms with Crippen LogP contribution < -0.4 is 19.7 Å². The van der Waals surface area contributed by atoms with Gasteiger partial charge in [-0.25, -0.2) is 0 Å². The predicted molar refractivity (Wildman–Crippen MR) is 119 cm³/mol. The van der Waals surface area contributed by atoms with Crippen LogP contribution in [-0.2, 0) is 13.0 Å². The lowest BCUT2D eigenvalue weighted by Crippen LogP contribution is -2.38. The number of ether oxygens (including phenoxy) is 2. The molecule has 0 unspecified atom stereocenters. The predicted octanol–water partition coefficient (Wildman–Crippen LogP) is 4.35. The molecule has 0 atom stereocenters. The zero-order valence-electron chi connectivity index (χ0n) is 17.0. The van der Waals surface area contributed by atoms with Gasteiger partial charge in [0.15, 0.2) is 11.5 Å². The largest absolute Gasteiger partial charge is 0.447 e. The van der Waals surface area contributed by atoms with E-state index in [0.29, 0.717) is 29.8 Å². The van der Waals surface area contributed by atoms with Crippen LogP contribution in [0.2, 0.25) is 0 Å². The third-order valence-electron chi connectivity index (χ3n) is 5.61. The molecule has 0 aliphatic carbocycles. The number of nitrogens with one attached hydrogen (secondary N) is 2. The Morgan fingerprint density at radius 2 is 1.66 bits per heavy atom. The van der Waals surface area contributed by atoms with E-state index in [1.807, 2.05) is 53.2 Å². The summed E-state index contributed by atoms with van der Waals surface area (Å²) in [7, 11) is 0. The first-order valence-corrected chi connectivity index (χ1v) is 10.4. The van der Waals surface area contributed by atoms with Gasteiger partial charge in [-0.15, -0.1) is 4.68 Å². The molecule has 0 saturated heterocycles. The molecule has 0 spiro atoms. The number of rotatable bonds is 4. The number of benzene rings is 3. The van der Waals surface area contributed by atoms with Crippen molar-refractivity contribution in [2.45, 2.75) is 13.0 Å². The zero-order chi connectivity index (χ0) is 21.5. The highest BCUT2D eigenvalue weighted by molar-refractivity contribution is 5.93. The average Bonchev–Trinajstić information content (AvgIpc) is 3.23. The van der Waals surface area contributed by atoms with E-state index in [1.54, 1.807) is 6.07 Å². The number of hydrogen-bond donors (Lipinski definition) is 2. The van der Waals surface area contributed by atoms with Crippen molar-refractivity contribution in [2.75, 3.05) is 0 Å². The van der Waals surface area contributed by atoms with E-state index < -0.39 is 0 Å². The van der Waals surface area contributed by atoms with Crippen molar-refractivity contribution in [1.82, 2.24) is 15.3 Å². The van der Waals surface area contributed by atoms with Gasteiger partial charge in [0.2, 0.25) is 5.56 Å². The van der Waals surface area contributed by atoms with Gasteiger partial charge in [0.25, 0.3) is 0 Å². The Hall–Kier alpha value is -4.39. The van der Waals surface area contributed by atoms with Gasteiger partial charge in [0, 0.05) is 18.1 Å². The van der Waals surface area contributed by atoms with Crippen molar-refractivity contribution in [2.24, 2.45) is 0 Å². The number of aromatic amines is 2. The first kappa shape index (κ1) is 18.4. The van der Waals surface area contributed by atoms with Gasteiger partial charge < -0.3 is 14.5 Å². The van der Waals surface area contributed by atoms with Crippen LogP contribution in [0.3, 0.4) is 0 Å². The molecule has 6 rings (SSSR count). The summed E-state index contributed by atoms with van der Waals surface area (Å²) in [4.78, 5) is 14.8. The average molecular weight is 423 g/mol. The number of hydrogen-bond acceptors (Lipinski definition) is 4. The van der Waals surface area contributed by atoms with Crippen molar-refractivity contribution >= 4 is 10.9 Å². The molecule has 0 bridgehead atoms. The van der Waals surface area contributed by atoms with E-state index in [2.05, 4.69) is 39.6 Å². The molecule has 0 saturated carbocycles. The number of aryl methyl sites for hydroxylation is 2. The second-order valence-corrected chi connectivity index (χ2v) is 7.66. The second-order valence-electron chi connectivity index (χ2n) is 7.66. The first-order valence-electron chi connectivity index (χ1n) is 10.4. The normalized spacial score (nSPS) is 12.0. The number of H-pyrrole nitrogens is 2. The van der Waals surface area contributed by atoms with Crippen LogP contribution in [0.25, 0.3) is 22.0 Å². The smallest absolute Gasteiger partial charge is 0.412 e. The molecule has 0 radical (unpaired) electrons. The van der Waals surface area contributed by atoms with Crippen LogP contribution in [0.5, 0.6) is 23.3 Å². The van der Waals surface area contributed by atoms with Crippen molar-refractivity contribution in [1.29, 1.82) is 0 Å². The maximum absolute atomic E-state index is 11.8. The van der Waals surface area contributed by atoms with Crippen molar-refractivity contribution < 1.29 is 14.2 Å². The molecule has 1 aliphatic heterocycles. The molecule has 0 fully saturated rings. The highest BCUT2D eigenvalue weighted by atomic mass is 16.6. The molecule has 7 heteroatoms. The van der Waals surface area contributed by atoms with Crippen molar-refractivity contribution in [3.63, 3.8) is 0 Å². The summed E-state index contributed by atoms with van der Waals surface area (Å²) in [5.74, 6) is 2.33. The number of para-hydroxylation sites is 3. The van der Waals surface area contributed by atoms with E-state index in [-0.39, 0.29) is 5.56 Å². The highest BCUT2D eigenvalue weighted by Gasteiger charge is 2.32. The Morgan fingerprint density at radius 1 is 0.844 bits per heavy atom. The van der Waals surface area contributed by atoms with Gasteiger partial charge in [-0.05, 0) is 34.7 Å². The lowest BCUT2D eigenvalue weighted by atomic mass is 10.00. The Bertz CT molecular complexity index is 1500. The summed E-state index contributed by atoms with van der Waals surface area (Å²) in [6.07, 6.45) is 0.789. The Morgan fingerprint density at radius 3 is 2.50 bits per heavy atom. The van der Waals surface area contributed by atoms with E-state index >= 15 is 0 Å². The summed E-state index contributed by atoms with van der Waals surface area (Å²) in [5, 5.41) is 8.20. The molecule has 2 aromatic heterocycles. The minimum atomic E-state index is -0.102. The Kier molecular flexibility index (Phi) is 4.24. The number of nitrogens with zero attached hydrogens (tertiary/aromatic N) is 2. The quantitative estimate of drug-likeness (QED) is 0.413. The van der Waals surface area contributed by atoms with Gasteiger partial charge in [0.1, 0.15) is 6.54 Å². The van der Waals surface area contributed by atoms with Crippen LogP contribution in [0.1, 0.15) is 5.56 Å². The molecular formula is C25H19N4O3+. The minimum Gasteiger partial charge on any atom is -0.412 e. The summed E-state index contributed by atoms with van der Waals surface area (Å²) in [6, 6.07) is 25.3. The fourth-order valence-corrected chi connectivity index (χ4v) is 3.97. The summed E-state index contributed by atoms with van der Waals surface area (Å²) in [5.41, 5.74) is 3.99. The van der Waals surface area contributed by atoms with Crippen molar-refractivity contribution in [3.05, 3.63) is 94.8 Å². The molecule has 1 aliphatic rings. The van der Waals surface area contributed by atoms with Gasteiger partial charge in [0.05, 0.1) is 10.6 Å². The molecule has 0 amide bonds. The highest BCUT2D eigenvalue weighted by Crippen LogP contribution is 2.41. The van der Waals surface area contributed by atoms with E-state index in [9.17, 15) is 4.79 Å². The zero-order valence-corrected chi connectivity index (χ0v) is 17.0. The van der Waals surface area contributed by atoms with Gasteiger partial charge in [-0.3, -0.25) is 4.79 Å². The first-order chi connectivity index (χ1) is 15.7. The fraction of sp³-hybridized carbons (Fsp3) is 0.0800. The molecule has 32 heavy (non-hydrogen) atoms. The van der Waals surface area contributed by atoms with Crippen LogP contribution in [0, 0.1) is 0 Å². The fourth-order valence-electron chi connectivity index (χ4n) is 3.97. The lowest BCUT2D eigenvalue weighted by Gasteiger charge is -2.12. The molecular weight excluding hydrogens is 404 g/mol. The summed E-state index contributed by atoms with van der Waals surface area (Å²) in [6.45, 7) is 0.662. The molecule has 7 nitrogen and oxygen atoms in total. The Labute approximate surface area is 182 Å². The Balaban J connectivity index is 1.21. The van der Waals surface area contributed by atoms with E-state index in [1.165, 1.54) is 5.56 Å². The van der Waals surface area contributed by atoms with Crippen LogP contribution in [0.4, 0.5) is 0 Å². The number of fused-ring (bicyclic) bond motifs is 3. The number of pyridine rings is 1.